The normalized spacial score (nSPS) is 10.5. The van der Waals surface area contributed by atoms with E-state index in [2.05, 4.69) is 9.59 Å². The van der Waals surface area contributed by atoms with Gasteiger partial charge in [-0.25, -0.2) is 0 Å². The molecule has 0 N–H and O–H groups in total. The van der Waals surface area contributed by atoms with Crippen LogP contribution >= 0.6 is 34.5 Å². The summed E-state index contributed by atoms with van der Waals surface area (Å²) in [5.41, 5.74) is 0.435. The van der Waals surface area contributed by atoms with Crippen LogP contribution in [0.25, 0.3) is 0 Å². The molecular formula is C12H11ClN2O3S2. The van der Waals surface area contributed by atoms with E-state index in [0.29, 0.717) is 14.9 Å². The SMILES string of the molecule is Cc1ccc(C(=O)CCC(=O)OCc2nnsc2Cl)s1. The topological polar surface area (TPSA) is 69.2 Å². The first-order valence-corrected chi connectivity index (χ1v) is 7.75. The van der Waals surface area contributed by atoms with Gasteiger partial charge in [0.25, 0.3) is 0 Å². The first kappa shape index (κ1) is 15.1. The van der Waals surface area contributed by atoms with Gasteiger partial charge in [0.05, 0.1) is 11.3 Å². The molecule has 2 aromatic rings. The van der Waals surface area contributed by atoms with Gasteiger partial charge in [0, 0.05) is 22.8 Å². The van der Waals surface area contributed by atoms with Gasteiger partial charge in [0.2, 0.25) is 0 Å². The monoisotopic (exact) mass is 330 g/mol. The summed E-state index contributed by atoms with van der Waals surface area (Å²) in [7, 11) is 0. The number of carbonyl (C=O) groups is 2. The lowest BCUT2D eigenvalue weighted by Gasteiger charge is -2.02. The van der Waals surface area contributed by atoms with Crippen molar-refractivity contribution in [2.75, 3.05) is 0 Å². The molecule has 0 saturated heterocycles. The lowest BCUT2D eigenvalue weighted by Crippen LogP contribution is -2.08. The van der Waals surface area contributed by atoms with Crippen molar-refractivity contribution in [2.45, 2.75) is 26.4 Å². The van der Waals surface area contributed by atoms with Gasteiger partial charge in [-0.05, 0) is 19.1 Å². The molecule has 0 saturated carbocycles. The summed E-state index contributed by atoms with van der Waals surface area (Å²) in [6, 6.07) is 3.65. The van der Waals surface area contributed by atoms with Crippen molar-refractivity contribution in [1.82, 2.24) is 9.59 Å². The highest BCUT2D eigenvalue weighted by atomic mass is 35.5. The second kappa shape index (κ2) is 6.92. The zero-order chi connectivity index (χ0) is 14.5. The van der Waals surface area contributed by atoms with E-state index in [9.17, 15) is 9.59 Å². The maximum absolute atomic E-state index is 11.8. The van der Waals surface area contributed by atoms with Gasteiger partial charge in [0.1, 0.15) is 16.6 Å². The Kier molecular flexibility index (Phi) is 5.22. The maximum atomic E-state index is 11.8. The second-order valence-electron chi connectivity index (χ2n) is 3.99. The Hall–Kier alpha value is -1.31. The van der Waals surface area contributed by atoms with Crippen LogP contribution in [-0.2, 0) is 16.1 Å². The number of halogens is 1. The number of nitrogens with zero attached hydrogens (tertiary/aromatic N) is 2. The highest BCUT2D eigenvalue weighted by Gasteiger charge is 2.13. The van der Waals surface area contributed by atoms with Crippen LogP contribution in [0.5, 0.6) is 0 Å². The van der Waals surface area contributed by atoms with Crippen LogP contribution in [-0.4, -0.2) is 21.3 Å². The molecule has 0 aliphatic heterocycles. The number of hydrogen-bond acceptors (Lipinski definition) is 7. The van der Waals surface area contributed by atoms with Crippen molar-refractivity contribution in [3.05, 3.63) is 31.9 Å². The molecule has 0 aliphatic rings. The fraction of sp³-hybridized carbons (Fsp3) is 0.333. The molecule has 0 spiro atoms. The Bertz CT molecular complexity index is 624. The number of ether oxygens (including phenoxy) is 1. The molecule has 0 radical (unpaired) electrons. The van der Waals surface area contributed by atoms with Crippen LogP contribution in [0.4, 0.5) is 0 Å². The molecule has 2 heterocycles. The third kappa shape index (κ3) is 4.09. The summed E-state index contributed by atoms with van der Waals surface area (Å²) in [6.45, 7) is 1.92. The minimum atomic E-state index is -0.448. The van der Waals surface area contributed by atoms with Crippen molar-refractivity contribution < 1.29 is 14.3 Å². The number of carbonyl (C=O) groups excluding carboxylic acids is 2. The Labute approximate surface area is 128 Å². The first-order valence-electron chi connectivity index (χ1n) is 5.78. The molecule has 2 rings (SSSR count). The van der Waals surface area contributed by atoms with Gasteiger partial charge in [-0.15, -0.1) is 16.4 Å². The predicted molar refractivity (Wildman–Crippen MR) is 77.3 cm³/mol. The second-order valence-corrected chi connectivity index (χ2v) is 6.63. The largest absolute Gasteiger partial charge is 0.459 e. The van der Waals surface area contributed by atoms with E-state index >= 15 is 0 Å². The molecule has 0 fully saturated rings. The molecule has 0 bridgehead atoms. The Morgan fingerprint density at radius 3 is 2.75 bits per heavy atom. The van der Waals surface area contributed by atoms with Crippen molar-refractivity contribution in [1.29, 1.82) is 0 Å². The molecule has 0 amide bonds. The number of Topliss-reactive ketones (excluding diaryl/α,β-unsaturated/α-hetero) is 1. The summed E-state index contributed by atoms with van der Waals surface area (Å²) in [4.78, 5) is 25.1. The van der Waals surface area contributed by atoms with Crippen molar-refractivity contribution >= 4 is 46.2 Å². The average molecular weight is 331 g/mol. The van der Waals surface area contributed by atoms with Gasteiger partial charge in [-0.1, -0.05) is 16.1 Å². The lowest BCUT2D eigenvalue weighted by atomic mass is 10.2. The van der Waals surface area contributed by atoms with Crippen LogP contribution in [0.15, 0.2) is 12.1 Å². The molecule has 5 nitrogen and oxygen atoms in total. The third-order valence-corrected chi connectivity index (χ3v) is 4.48. The van der Waals surface area contributed by atoms with Crippen LogP contribution in [0.3, 0.4) is 0 Å². The summed E-state index contributed by atoms with van der Waals surface area (Å²) >= 11 is 8.24. The number of aryl methyl sites for hydroxylation is 1. The smallest absolute Gasteiger partial charge is 0.306 e. The molecule has 8 heteroatoms. The average Bonchev–Trinajstić information content (AvgIpc) is 3.02. The number of hydrogen-bond donors (Lipinski definition) is 0. The highest BCUT2D eigenvalue weighted by molar-refractivity contribution is 7.14. The van der Waals surface area contributed by atoms with Gasteiger partial charge < -0.3 is 4.74 Å². The number of thiophene rings is 1. The molecule has 0 aliphatic carbocycles. The van der Waals surface area contributed by atoms with E-state index in [0.717, 1.165) is 16.4 Å². The van der Waals surface area contributed by atoms with Crippen LogP contribution in [0.1, 0.15) is 33.1 Å². The van der Waals surface area contributed by atoms with Crippen LogP contribution < -0.4 is 0 Å². The summed E-state index contributed by atoms with van der Waals surface area (Å²) in [6.07, 6.45) is 0.187. The fourth-order valence-corrected chi connectivity index (χ4v) is 2.86. The minimum Gasteiger partial charge on any atom is -0.459 e. The minimum absolute atomic E-state index is 0.0134. The molecule has 0 aromatic carbocycles. The van der Waals surface area contributed by atoms with Gasteiger partial charge in [0.15, 0.2) is 5.78 Å². The van der Waals surface area contributed by atoms with Gasteiger partial charge in [-0.2, -0.15) is 0 Å². The zero-order valence-electron chi connectivity index (χ0n) is 10.6. The highest BCUT2D eigenvalue weighted by Crippen LogP contribution is 2.19. The first-order chi connectivity index (χ1) is 9.56. The van der Waals surface area contributed by atoms with Crippen molar-refractivity contribution in [2.24, 2.45) is 0 Å². The van der Waals surface area contributed by atoms with Crippen LogP contribution in [0.2, 0.25) is 4.34 Å². The fourth-order valence-electron chi connectivity index (χ4n) is 1.43. The Morgan fingerprint density at radius 1 is 1.35 bits per heavy atom. The molecule has 2 aromatic heterocycles. The molecule has 0 unspecified atom stereocenters. The van der Waals surface area contributed by atoms with Crippen molar-refractivity contribution in [3.63, 3.8) is 0 Å². The number of esters is 1. The summed E-state index contributed by atoms with van der Waals surface area (Å²) in [5, 5.41) is 3.73. The van der Waals surface area contributed by atoms with Gasteiger partial charge in [-0.3, -0.25) is 9.59 Å². The predicted octanol–water partition coefficient (Wildman–Crippen LogP) is 3.27. The number of rotatable bonds is 6. The Morgan fingerprint density at radius 2 is 2.15 bits per heavy atom. The summed E-state index contributed by atoms with van der Waals surface area (Å²) in [5.74, 6) is -0.496. The van der Waals surface area contributed by atoms with E-state index in [-0.39, 0.29) is 25.2 Å². The zero-order valence-corrected chi connectivity index (χ0v) is 13.0. The van der Waals surface area contributed by atoms with Crippen LogP contribution in [0, 0.1) is 6.92 Å². The summed E-state index contributed by atoms with van der Waals surface area (Å²) < 4.78 is 9.03. The Balaban J connectivity index is 1.75. The van der Waals surface area contributed by atoms with E-state index in [4.69, 9.17) is 16.3 Å². The van der Waals surface area contributed by atoms with E-state index in [1.54, 1.807) is 6.07 Å². The molecule has 20 heavy (non-hydrogen) atoms. The number of aromatic nitrogens is 2. The quantitative estimate of drug-likeness (QED) is 0.600. The van der Waals surface area contributed by atoms with E-state index < -0.39 is 5.97 Å². The molecular weight excluding hydrogens is 320 g/mol. The van der Waals surface area contributed by atoms with E-state index in [1.807, 2.05) is 13.0 Å². The molecule has 106 valence electrons. The van der Waals surface area contributed by atoms with Gasteiger partial charge >= 0.3 is 5.97 Å². The molecule has 0 atom stereocenters. The van der Waals surface area contributed by atoms with Crippen molar-refractivity contribution in [3.8, 4) is 0 Å². The standard InChI is InChI=1S/C12H11ClN2O3S2/c1-7-2-4-10(19-7)9(16)3-5-11(17)18-6-8-12(13)20-15-14-8/h2,4H,3,5-6H2,1H3. The number of ketones is 1. The van der Waals surface area contributed by atoms with E-state index in [1.165, 1.54) is 11.3 Å². The lowest BCUT2D eigenvalue weighted by molar-refractivity contribution is -0.145. The third-order valence-electron chi connectivity index (χ3n) is 2.45. The maximum Gasteiger partial charge on any atom is 0.306 e.